The van der Waals surface area contributed by atoms with Gasteiger partial charge in [0.15, 0.2) is 0 Å². The van der Waals surface area contributed by atoms with E-state index in [-0.39, 0.29) is 0 Å². The van der Waals surface area contributed by atoms with Gasteiger partial charge in [-0.25, -0.2) is 0 Å². The minimum Gasteiger partial charge on any atom is -0.0800 e. The molecule has 2 rings (SSSR count). The van der Waals surface area contributed by atoms with Gasteiger partial charge < -0.3 is 0 Å². The van der Waals surface area contributed by atoms with Crippen molar-refractivity contribution in [3.8, 4) is 0 Å². The lowest BCUT2D eigenvalue weighted by Crippen LogP contribution is -2.37. The molecule has 0 nitrogen and oxygen atoms in total. The molecule has 0 aromatic heterocycles. The second-order valence-electron chi connectivity index (χ2n) is 5.74. The highest BCUT2D eigenvalue weighted by molar-refractivity contribution is 6.82. The zero-order chi connectivity index (χ0) is 12.5. The second-order valence-corrected chi connectivity index (χ2v) is 10.6. The Morgan fingerprint density at radius 3 is 1.65 bits per heavy atom. The van der Waals surface area contributed by atoms with Crippen LogP contribution in [0.1, 0.15) is 26.7 Å². The molecule has 2 unspecified atom stereocenters. The van der Waals surface area contributed by atoms with E-state index < -0.39 is 8.07 Å². The van der Waals surface area contributed by atoms with Crippen LogP contribution >= 0.6 is 0 Å². The average molecular weight is 244 g/mol. The van der Waals surface area contributed by atoms with Gasteiger partial charge in [0.25, 0.3) is 0 Å². The van der Waals surface area contributed by atoms with Crippen molar-refractivity contribution in [1.29, 1.82) is 0 Å². The maximum absolute atomic E-state index is 2.56. The molecule has 1 heteroatoms. The molecular weight excluding hydrogens is 220 g/mol. The zero-order valence-corrected chi connectivity index (χ0v) is 12.5. The van der Waals surface area contributed by atoms with Crippen molar-refractivity contribution < 1.29 is 0 Å². The predicted octanol–water partition coefficient (Wildman–Crippen LogP) is 5.25. The number of hydrogen-bond acceptors (Lipinski definition) is 0. The molecule has 2 atom stereocenters. The first-order valence-electron chi connectivity index (χ1n) is 6.85. The molecule has 2 aliphatic carbocycles. The third-order valence-corrected chi connectivity index (χ3v) is 8.78. The van der Waals surface area contributed by atoms with E-state index in [1.54, 1.807) is 11.1 Å². The molecule has 0 amide bonds. The fourth-order valence-electron chi connectivity index (χ4n) is 3.36. The topological polar surface area (TPSA) is 0 Å². The molecule has 0 saturated carbocycles. The summed E-state index contributed by atoms with van der Waals surface area (Å²) in [5.74, 6) is 0. The van der Waals surface area contributed by atoms with E-state index >= 15 is 0 Å². The third-order valence-electron chi connectivity index (χ3n) is 4.45. The number of rotatable bonds is 4. The van der Waals surface area contributed by atoms with E-state index in [9.17, 15) is 0 Å². The summed E-state index contributed by atoms with van der Waals surface area (Å²) in [4.78, 5) is 0. The lowest BCUT2D eigenvalue weighted by atomic mass is 10.2. The van der Waals surface area contributed by atoms with E-state index in [4.69, 9.17) is 0 Å². The standard InChI is InChI=1S/C16H24Si/c1-5-13-9-7-11-15(13)17(3,4)16-12-8-10-14(16)6-2/h7-12,15-16H,5-6H2,1-4H3. The molecule has 92 valence electrons. The Labute approximate surface area is 107 Å². The highest BCUT2D eigenvalue weighted by Gasteiger charge is 2.40. The van der Waals surface area contributed by atoms with Gasteiger partial charge >= 0.3 is 0 Å². The van der Waals surface area contributed by atoms with Gasteiger partial charge in [-0.05, 0) is 23.9 Å². The van der Waals surface area contributed by atoms with Crippen molar-refractivity contribution >= 4 is 8.07 Å². The van der Waals surface area contributed by atoms with Gasteiger partial charge in [-0.1, -0.05) is 74.5 Å². The van der Waals surface area contributed by atoms with E-state index in [1.807, 2.05) is 0 Å². The average Bonchev–Trinajstić information content (AvgIpc) is 2.97. The minimum absolute atomic E-state index is 0.746. The van der Waals surface area contributed by atoms with E-state index in [2.05, 4.69) is 63.4 Å². The van der Waals surface area contributed by atoms with Crippen LogP contribution in [0.2, 0.25) is 24.2 Å². The summed E-state index contributed by atoms with van der Waals surface area (Å²) in [6, 6.07) is 0. The first-order valence-corrected chi connectivity index (χ1v) is 10.0. The van der Waals surface area contributed by atoms with Crippen molar-refractivity contribution in [2.24, 2.45) is 0 Å². The van der Waals surface area contributed by atoms with E-state index in [0.29, 0.717) is 0 Å². The lowest BCUT2D eigenvalue weighted by molar-refractivity contribution is 0.956. The molecule has 0 aromatic rings. The van der Waals surface area contributed by atoms with Crippen LogP contribution in [0, 0.1) is 0 Å². The van der Waals surface area contributed by atoms with Gasteiger partial charge in [0.1, 0.15) is 0 Å². The molecule has 0 heterocycles. The van der Waals surface area contributed by atoms with Crippen LogP contribution in [-0.2, 0) is 0 Å². The molecule has 0 aromatic carbocycles. The SMILES string of the molecule is CCC1=CC=CC1[Si](C)(C)C1C=CC=C1CC. The van der Waals surface area contributed by atoms with E-state index in [0.717, 1.165) is 11.1 Å². The van der Waals surface area contributed by atoms with Gasteiger partial charge in [-0.15, -0.1) is 0 Å². The van der Waals surface area contributed by atoms with Crippen molar-refractivity contribution in [3.63, 3.8) is 0 Å². The predicted molar refractivity (Wildman–Crippen MR) is 80.0 cm³/mol. The third kappa shape index (κ3) is 2.13. The molecule has 0 saturated heterocycles. The maximum atomic E-state index is 2.56. The smallest absolute Gasteiger partial charge is 0.0706 e. The molecule has 0 aliphatic heterocycles. The summed E-state index contributed by atoms with van der Waals surface area (Å²) in [6.07, 6.45) is 16.5. The monoisotopic (exact) mass is 244 g/mol. The van der Waals surface area contributed by atoms with Gasteiger partial charge in [0.05, 0.1) is 8.07 Å². The summed E-state index contributed by atoms with van der Waals surface area (Å²) in [5.41, 5.74) is 4.79. The molecule has 2 aliphatic rings. The summed E-state index contributed by atoms with van der Waals surface area (Å²) >= 11 is 0. The summed E-state index contributed by atoms with van der Waals surface area (Å²) in [7, 11) is -1.32. The Morgan fingerprint density at radius 1 is 0.882 bits per heavy atom. The largest absolute Gasteiger partial charge is 0.0800 e. The molecule has 0 N–H and O–H groups in total. The molecule has 0 bridgehead atoms. The van der Waals surface area contributed by atoms with Crippen LogP contribution in [0.4, 0.5) is 0 Å². The Hall–Kier alpha value is -0.823. The van der Waals surface area contributed by atoms with Crippen molar-refractivity contribution in [2.75, 3.05) is 0 Å². The van der Waals surface area contributed by atoms with Crippen LogP contribution in [0.25, 0.3) is 0 Å². The minimum atomic E-state index is -1.32. The molecule has 0 radical (unpaired) electrons. The van der Waals surface area contributed by atoms with Gasteiger partial charge in [-0.2, -0.15) is 0 Å². The molecular formula is C16H24Si. The zero-order valence-electron chi connectivity index (χ0n) is 11.5. The highest BCUT2D eigenvalue weighted by Crippen LogP contribution is 2.48. The first-order chi connectivity index (χ1) is 8.11. The molecule has 0 fully saturated rings. The van der Waals surface area contributed by atoms with E-state index in [1.165, 1.54) is 12.8 Å². The summed E-state index contributed by atoms with van der Waals surface area (Å²) in [6.45, 7) is 9.69. The van der Waals surface area contributed by atoms with Crippen molar-refractivity contribution in [3.05, 3.63) is 47.6 Å². The molecule has 0 spiro atoms. The van der Waals surface area contributed by atoms with Crippen molar-refractivity contribution in [1.82, 2.24) is 0 Å². The normalized spacial score (nSPS) is 27.5. The fourth-order valence-corrected chi connectivity index (χ4v) is 7.47. The number of hydrogen-bond donors (Lipinski definition) is 0. The lowest BCUT2D eigenvalue weighted by Gasteiger charge is -2.37. The van der Waals surface area contributed by atoms with Gasteiger partial charge in [0, 0.05) is 0 Å². The Morgan fingerprint density at radius 2 is 1.29 bits per heavy atom. The van der Waals surface area contributed by atoms with Crippen LogP contribution in [0.5, 0.6) is 0 Å². The second kappa shape index (κ2) is 4.81. The highest BCUT2D eigenvalue weighted by atomic mass is 28.3. The first kappa shape index (κ1) is 12.6. The van der Waals surface area contributed by atoms with Gasteiger partial charge in [-0.3, -0.25) is 0 Å². The Kier molecular flexibility index (Phi) is 3.57. The van der Waals surface area contributed by atoms with Gasteiger partial charge in [0.2, 0.25) is 0 Å². The molecule has 17 heavy (non-hydrogen) atoms. The maximum Gasteiger partial charge on any atom is 0.0706 e. The Bertz CT molecular complexity index is 369. The van der Waals surface area contributed by atoms with Crippen molar-refractivity contribution in [2.45, 2.75) is 50.9 Å². The summed E-state index contributed by atoms with van der Waals surface area (Å²) < 4.78 is 0. The Balaban J connectivity index is 2.25. The quantitative estimate of drug-likeness (QED) is 0.593. The number of allylic oxidation sites excluding steroid dienone is 8. The summed E-state index contributed by atoms with van der Waals surface area (Å²) in [5, 5.41) is 0. The van der Waals surface area contributed by atoms with Crippen LogP contribution in [0.3, 0.4) is 0 Å². The van der Waals surface area contributed by atoms with Crippen LogP contribution in [-0.4, -0.2) is 8.07 Å². The fraction of sp³-hybridized carbons (Fsp3) is 0.500. The van der Waals surface area contributed by atoms with Crippen LogP contribution in [0.15, 0.2) is 47.6 Å². The van der Waals surface area contributed by atoms with Crippen LogP contribution < -0.4 is 0 Å².